The number of aryl methyl sites for hydroxylation is 2. The highest BCUT2D eigenvalue weighted by Gasteiger charge is 2.22. The summed E-state index contributed by atoms with van der Waals surface area (Å²) in [5, 5.41) is 5.84. The first-order valence-electron chi connectivity index (χ1n) is 11.0. The molecule has 0 saturated carbocycles. The van der Waals surface area contributed by atoms with E-state index in [1.165, 1.54) is 24.0 Å². The van der Waals surface area contributed by atoms with Crippen molar-refractivity contribution in [2.75, 3.05) is 5.32 Å². The molecule has 5 nitrogen and oxygen atoms in total. The number of carbonyl (C=O) groups excluding carboxylic acids is 2. The normalized spacial score (nSPS) is 14.9. The summed E-state index contributed by atoms with van der Waals surface area (Å²) in [6.07, 6.45) is 5.35. The molecule has 0 unspecified atom stereocenters. The molecule has 0 aromatic heterocycles. The minimum absolute atomic E-state index is 0.0667. The van der Waals surface area contributed by atoms with Crippen molar-refractivity contribution in [3.63, 3.8) is 0 Å². The third-order valence-corrected chi connectivity index (χ3v) is 5.68. The maximum Gasteiger partial charge on any atom is 0.265 e. The Morgan fingerprint density at radius 2 is 1.73 bits per heavy atom. The highest BCUT2D eigenvalue weighted by Crippen LogP contribution is 2.26. The van der Waals surface area contributed by atoms with E-state index < -0.39 is 6.10 Å². The number of nitrogens with one attached hydrogen (secondary N) is 2. The maximum atomic E-state index is 12.9. The van der Waals surface area contributed by atoms with Crippen LogP contribution in [0, 0.1) is 0 Å². The molecule has 1 aliphatic rings. The maximum absolute atomic E-state index is 12.9. The average molecular weight is 409 g/mol. The van der Waals surface area contributed by atoms with Crippen LogP contribution < -0.4 is 15.4 Å². The second kappa shape index (κ2) is 10.3. The zero-order chi connectivity index (χ0) is 21.5. The molecule has 2 atom stereocenters. The first kappa shape index (κ1) is 21.9. The molecule has 0 radical (unpaired) electrons. The monoisotopic (exact) mass is 408 g/mol. The molecule has 0 aliphatic heterocycles. The van der Waals surface area contributed by atoms with Crippen LogP contribution in [0.15, 0.2) is 42.5 Å². The Balaban J connectivity index is 1.71. The van der Waals surface area contributed by atoms with Crippen LogP contribution in [-0.4, -0.2) is 24.0 Å². The number of ether oxygens (including phenoxy) is 1. The lowest BCUT2D eigenvalue weighted by molar-refractivity contribution is -0.122. The summed E-state index contributed by atoms with van der Waals surface area (Å²) >= 11 is 0. The summed E-state index contributed by atoms with van der Waals surface area (Å²) in [7, 11) is 0. The average Bonchev–Trinajstić information content (AvgIpc) is 2.77. The lowest BCUT2D eigenvalue weighted by atomic mass is 9.92. The smallest absolute Gasteiger partial charge is 0.265 e. The molecule has 0 bridgehead atoms. The Morgan fingerprint density at radius 3 is 2.47 bits per heavy atom. The van der Waals surface area contributed by atoms with E-state index in [0.717, 1.165) is 25.0 Å². The predicted molar refractivity (Wildman–Crippen MR) is 120 cm³/mol. The van der Waals surface area contributed by atoms with Gasteiger partial charge in [-0.3, -0.25) is 9.59 Å². The van der Waals surface area contributed by atoms with Gasteiger partial charge in [0.15, 0.2) is 6.10 Å². The molecule has 2 amide bonds. The fourth-order valence-electron chi connectivity index (χ4n) is 3.68. The topological polar surface area (TPSA) is 67.4 Å². The summed E-state index contributed by atoms with van der Waals surface area (Å²) < 4.78 is 6.03. The molecule has 1 aliphatic carbocycles. The van der Waals surface area contributed by atoms with Crippen molar-refractivity contribution in [3.05, 3.63) is 59.2 Å². The third-order valence-electron chi connectivity index (χ3n) is 5.68. The first-order valence-corrected chi connectivity index (χ1v) is 11.0. The van der Waals surface area contributed by atoms with Crippen molar-refractivity contribution in [2.45, 2.75) is 71.4 Å². The molecule has 0 spiro atoms. The highest BCUT2D eigenvalue weighted by molar-refractivity contribution is 6.04. The standard InChI is InChI=1S/C25H32N2O3/c1-4-17(3)26-24(28)21-12-8-9-13-22(21)27-25(29)23(5-2)30-20-15-14-18-10-6-7-11-19(18)16-20/h8-9,12-17,23H,4-7,10-11H2,1-3H3,(H,26,28)(H,27,29)/t17-,23+/m1/s1. The van der Waals surface area contributed by atoms with Crippen LogP contribution in [0.25, 0.3) is 0 Å². The minimum atomic E-state index is -0.627. The van der Waals surface area contributed by atoms with Gasteiger partial charge in [0.25, 0.3) is 11.8 Å². The summed E-state index contributed by atoms with van der Waals surface area (Å²) in [5.41, 5.74) is 3.65. The second-order valence-corrected chi connectivity index (χ2v) is 7.97. The molecule has 5 heteroatoms. The lowest BCUT2D eigenvalue weighted by Gasteiger charge is -2.21. The fraction of sp³-hybridized carbons (Fsp3) is 0.440. The van der Waals surface area contributed by atoms with Crippen molar-refractivity contribution in [1.29, 1.82) is 0 Å². The molecule has 30 heavy (non-hydrogen) atoms. The zero-order valence-corrected chi connectivity index (χ0v) is 18.2. The Bertz CT molecular complexity index is 894. The number of benzene rings is 2. The van der Waals surface area contributed by atoms with Gasteiger partial charge in [-0.1, -0.05) is 32.0 Å². The van der Waals surface area contributed by atoms with E-state index in [1.807, 2.05) is 26.8 Å². The molecule has 2 aromatic carbocycles. The van der Waals surface area contributed by atoms with Crippen LogP contribution in [0.2, 0.25) is 0 Å². The molecule has 0 heterocycles. The molecular formula is C25H32N2O3. The van der Waals surface area contributed by atoms with Gasteiger partial charge in [-0.15, -0.1) is 0 Å². The molecule has 160 valence electrons. The van der Waals surface area contributed by atoms with Crippen LogP contribution in [0.3, 0.4) is 0 Å². The molecular weight excluding hydrogens is 376 g/mol. The Morgan fingerprint density at radius 1 is 1.00 bits per heavy atom. The lowest BCUT2D eigenvalue weighted by Crippen LogP contribution is -2.35. The minimum Gasteiger partial charge on any atom is -0.481 e. The molecule has 0 fully saturated rings. The second-order valence-electron chi connectivity index (χ2n) is 7.97. The van der Waals surface area contributed by atoms with Crippen LogP contribution >= 0.6 is 0 Å². The van der Waals surface area contributed by atoms with Gasteiger partial charge in [-0.25, -0.2) is 0 Å². The highest BCUT2D eigenvalue weighted by atomic mass is 16.5. The van der Waals surface area contributed by atoms with Crippen LogP contribution in [0.5, 0.6) is 5.75 Å². The number of carbonyl (C=O) groups is 2. The van der Waals surface area contributed by atoms with E-state index in [-0.39, 0.29) is 17.9 Å². The van der Waals surface area contributed by atoms with Gasteiger partial charge in [0, 0.05) is 6.04 Å². The predicted octanol–water partition coefficient (Wildman–Crippen LogP) is 4.89. The Hall–Kier alpha value is -2.82. The Kier molecular flexibility index (Phi) is 7.50. The van der Waals surface area contributed by atoms with Gasteiger partial charge < -0.3 is 15.4 Å². The van der Waals surface area contributed by atoms with Crippen molar-refractivity contribution in [2.24, 2.45) is 0 Å². The Labute approximate surface area is 179 Å². The van der Waals surface area contributed by atoms with Gasteiger partial charge in [0.05, 0.1) is 11.3 Å². The van der Waals surface area contributed by atoms with E-state index in [1.54, 1.807) is 24.3 Å². The van der Waals surface area contributed by atoms with E-state index >= 15 is 0 Å². The summed E-state index contributed by atoms with van der Waals surface area (Å²) in [6.45, 7) is 5.89. The molecule has 2 aromatic rings. The summed E-state index contributed by atoms with van der Waals surface area (Å²) in [6, 6.07) is 13.3. The van der Waals surface area contributed by atoms with Gasteiger partial charge in [0.2, 0.25) is 0 Å². The molecule has 0 saturated heterocycles. The van der Waals surface area contributed by atoms with E-state index in [9.17, 15) is 9.59 Å². The first-order chi connectivity index (χ1) is 14.5. The van der Waals surface area contributed by atoms with E-state index in [2.05, 4.69) is 22.8 Å². The number of anilines is 1. The fourth-order valence-corrected chi connectivity index (χ4v) is 3.68. The number of para-hydroxylation sites is 1. The van der Waals surface area contributed by atoms with Crippen molar-refractivity contribution >= 4 is 17.5 Å². The molecule has 2 N–H and O–H groups in total. The van der Waals surface area contributed by atoms with Gasteiger partial charge in [-0.2, -0.15) is 0 Å². The van der Waals surface area contributed by atoms with Crippen LogP contribution in [0.4, 0.5) is 5.69 Å². The van der Waals surface area contributed by atoms with E-state index in [0.29, 0.717) is 17.7 Å². The third kappa shape index (κ3) is 5.41. The number of amides is 2. The quantitative estimate of drug-likeness (QED) is 0.653. The number of fused-ring (bicyclic) bond motifs is 1. The van der Waals surface area contributed by atoms with Gasteiger partial charge in [0.1, 0.15) is 5.75 Å². The van der Waals surface area contributed by atoms with Crippen LogP contribution in [0.1, 0.15) is 67.9 Å². The van der Waals surface area contributed by atoms with Crippen molar-refractivity contribution in [3.8, 4) is 5.75 Å². The SMILES string of the molecule is CC[C@@H](C)NC(=O)c1ccccc1NC(=O)[C@H](CC)Oc1ccc2c(c1)CCCC2. The zero-order valence-electron chi connectivity index (χ0n) is 18.2. The largest absolute Gasteiger partial charge is 0.481 e. The summed E-state index contributed by atoms with van der Waals surface area (Å²) in [4.78, 5) is 25.5. The van der Waals surface area contributed by atoms with E-state index in [4.69, 9.17) is 4.74 Å². The number of hydrogen-bond acceptors (Lipinski definition) is 3. The van der Waals surface area contributed by atoms with Crippen molar-refractivity contribution in [1.82, 2.24) is 5.32 Å². The van der Waals surface area contributed by atoms with Crippen molar-refractivity contribution < 1.29 is 14.3 Å². The number of hydrogen-bond donors (Lipinski definition) is 2. The van der Waals surface area contributed by atoms with Gasteiger partial charge in [-0.05, 0) is 80.8 Å². The number of rotatable bonds is 8. The van der Waals surface area contributed by atoms with Gasteiger partial charge >= 0.3 is 0 Å². The summed E-state index contributed by atoms with van der Waals surface area (Å²) in [5.74, 6) is 0.281. The van der Waals surface area contributed by atoms with Crippen LogP contribution in [-0.2, 0) is 17.6 Å². The molecule has 3 rings (SSSR count).